The van der Waals surface area contributed by atoms with E-state index in [9.17, 15) is 4.79 Å². The number of carbonyl (C=O) groups excluding carboxylic acids is 1. The van der Waals surface area contributed by atoms with Gasteiger partial charge in [0, 0.05) is 22.0 Å². The van der Waals surface area contributed by atoms with Gasteiger partial charge in [0.2, 0.25) is 0 Å². The summed E-state index contributed by atoms with van der Waals surface area (Å²) in [5.74, 6) is 0.929. The molecule has 0 aliphatic carbocycles. The van der Waals surface area contributed by atoms with Crippen molar-refractivity contribution >= 4 is 21.7 Å². The van der Waals surface area contributed by atoms with Crippen LogP contribution < -0.4 is 4.74 Å². The molecule has 2 aromatic carbocycles. The summed E-state index contributed by atoms with van der Waals surface area (Å²) in [5.41, 5.74) is 3.39. The number of fused-ring (bicyclic) bond motifs is 1. The van der Waals surface area contributed by atoms with E-state index in [4.69, 9.17) is 4.74 Å². The lowest BCUT2D eigenvalue weighted by atomic mass is 9.96. The van der Waals surface area contributed by atoms with Crippen LogP contribution in [-0.2, 0) is 6.42 Å². The summed E-state index contributed by atoms with van der Waals surface area (Å²) in [5, 5.41) is 0. The SMILES string of the molecule is Cc1cccc(C(=O)c2ccc3c(c2)CC(C)(C)O3)c1Br. The molecule has 0 aromatic heterocycles. The molecule has 2 aromatic rings. The quantitative estimate of drug-likeness (QED) is 0.738. The van der Waals surface area contributed by atoms with Gasteiger partial charge in [0.1, 0.15) is 11.4 Å². The maximum Gasteiger partial charge on any atom is 0.194 e. The van der Waals surface area contributed by atoms with Crippen LogP contribution in [0.4, 0.5) is 0 Å². The average molecular weight is 345 g/mol. The molecule has 0 saturated heterocycles. The first kappa shape index (κ1) is 14.3. The fourth-order valence-corrected chi connectivity index (χ4v) is 3.17. The fourth-order valence-electron chi connectivity index (χ4n) is 2.73. The Kier molecular flexibility index (Phi) is 3.40. The number of benzene rings is 2. The zero-order chi connectivity index (χ0) is 15.2. The van der Waals surface area contributed by atoms with Crippen LogP contribution in [0, 0.1) is 6.92 Å². The minimum Gasteiger partial charge on any atom is -0.487 e. The second-order valence-electron chi connectivity index (χ2n) is 6.13. The summed E-state index contributed by atoms with van der Waals surface area (Å²) in [4.78, 5) is 12.7. The van der Waals surface area contributed by atoms with Crippen molar-refractivity contribution in [3.8, 4) is 5.75 Å². The molecule has 1 aliphatic heterocycles. The van der Waals surface area contributed by atoms with E-state index in [1.807, 2.05) is 43.3 Å². The Hall–Kier alpha value is -1.61. The Morgan fingerprint density at radius 2 is 2.00 bits per heavy atom. The van der Waals surface area contributed by atoms with Crippen LogP contribution >= 0.6 is 15.9 Å². The highest BCUT2D eigenvalue weighted by Crippen LogP contribution is 2.36. The molecule has 0 radical (unpaired) electrons. The Morgan fingerprint density at radius 1 is 1.24 bits per heavy atom. The van der Waals surface area contributed by atoms with E-state index in [1.165, 1.54) is 0 Å². The summed E-state index contributed by atoms with van der Waals surface area (Å²) in [6, 6.07) is 11.5. The smallest absolute Gasteiger partial charge is 0.194 e. The van der Waals surface area contributed by atoms with E-state index in [0.29, 0.717) is 11.1 Å². The normalized spacial score (nSPS) is 15.4. The molecule has 3 rings (SSSR count). The molecule has 2 nitrogen and oxygen atoms in total. The summed E-state index contributed by atoms with van der Waals surface area (Å²) in [6.45, 7) is 6.11. The first-order valence-corrected chi connectivity index (χ1v) is 7.78. The third-order valence-corrected chi connectivity index (χ3v) is 4.81. The second kappa shape index (κ2) is 4.99. The summed E-state index contributed by atoms with van der Waals surface area (Å²) in [6.07, 6.45) is 0.832. The number of ether oxygens (including phenoxy) is 1. The average Bonchev–Trinajstić information content (AvgIpc) is 2.73. The van der Waals surface area contributed by atoms with Gasteiger partial charge < -0.3 is 4.74 Å². The number of ketones is 1. The second-order valence-corrected chi connectivity index (χ2v) is 6.92. The number of hydrogen-bond acceptors (Lipinski definition) is 2. The molecule has 0 N–H and O–H groups in total. The van der Waals surface area contributed by atoms with Crippen molar-refractivity contribution < 1.29 is 9.53 Å². The van der Waals surface area contributed by atoms with E-state index in [-0.39, 0.29) is 11.4 Å². The lowest BCUT2D eigenvalue weighted by Gasteiger charge is -2.16. The van der Waals surface area contributed by atoms with Crippen LogP contribution in [0.15, 0.2) is 40.9 Å². The van der Waals surface area contributed by atoms with Crippen molar-refractivity contribution in [1.82, 2.24) is 0 Å². The molecule has 0 atom stereocenters. The maximum absolute atomic E-state index is 12.7. The van der Waals surface area contributed by atoms with E-state index in [1.54, 1.807) is 0 Å². The highest BCUT2D eigenvalue weighted by atomic mass is 79.9. The molecular formula is C18H17BrO2. The van der Waals surface area contributed by atoms with Gasteiger partial charge in [-0.2, -0.15) is 0 Å². The van der Waals surface area contributed by atoms with Gasteiger partial charge >= 0.3 is 0 Å². The van der Waals surface area contributed by atoms with Crippen LogP contribution in [0.1, 0.15) is 40.9 Å². The van der Waals surface area contributed by atoms with Crippen molar-refractivity contribution in [2.75, 3.05) is 0 Å². The lowest BCUT2D eigenvalue weighted by molar-refractivity contribution is 0.103. The third kappa shape index (κ3) is 2.62. The number of hydrogen-bond donors (Lipinski definition) is 0. The van der Waals surface area contributed by atoms with Crippen molar-refractivity contribution in [2.45, 2.75) is 32.8 Å². The van der Waals surface area contributed by atoms with Gasteiger partial charge in [-0.05, 0) is 72.1 Å². The summed E-state index contributed by atoms with van der Waals surface area (Å²) < 4.78 is 6.72. The van der Waals surface area contributed by atoms with Crippen LogP contribution in [0.2, 0.25) is 0 Å². The van der Waals surface area contributed by atoms with Gasteiger partial charge in [-0.3, -0.25) is 4.79 Å². The lowest BCUT2D eigenvalue weighted by Crippen LogP contribution is -2.24. The Balaban J connectivity index is 1.99. The van der Waals surface area contributed by atoms with Crippen molar-refractivity contribution in [3.63, 3.8) is 0 Å². The van der Waals surface area contributed by atoms with Crippen molar-refractivity contribution in [1.29, 1.82) is 0 Å². The first-order valence-electron chi connectivity index (χ1n) is 6.99. The molecule has 21 heavy (non-hydrogen) atoms. The molecular weight excluding hydrogens is 328 g/mol. The minimum absolute atomic E-state index is 0.0399. The van der Waals surface area contributed by atoms with Crippen LogP contribution in [0.25, 0.3) is 0 Å². The largest absolute Gasteiger partial charge is 0.487 e. The monoisotopic (exact) mass is 344 g/mol. The van der Waals surface area contributed by atoms with Crippen molar-refractivity contribution in [3.05, 3.63) is 63.1 Å². The van der Waals surface area contributed by atoms with E-state index >= 15 is 0 Å². The first-order chi connectivity index (χ1) is 9.87. The molecule has 0 unspecified atom stereocenters. The minimum atomic E-state index is -0.187. The van der Waals surface area contributed by atoms with Crippen molar-refractivity contribution in [2.24, 2.45) is 0 Å². The summed E-state index contributed by atoms with van der Waals surface area (Å²) >= 11 is 3.51. The molecule has 0 spiro atoms. The Bertz CT molecular complexity index is 732. The Morgan fingerprint density at radius 3 is 2.76 bits per heavy atom. The zero-order valence-electron chi connectivity index (χ0n) is 12.4. The van der Waals surface area contributed by atoms with Crippen LogP contribution in [-0.4, -0.2) is 11.4 Å². The molecule has 0 saturated carbocycles. The zero-order valence-corrected chi connectivity index (χ0v) is 14.0. The highest BCUT2D eigenvalue weighted by Gasteiger charge is 2.30. The standard InChI is InChI=1S/C18H17BrO2/c1-11-5-4-6-14(16(11)19)17(20)12-7-8-15-13(9-12)10-18(2,3)21-15/h4-9H,10H2,1-3H3. The van der Waals surface area contributed by atoms with Gasteiger partial charge in [-0.25, -0.2) is 0 Å². The van der Waals surface area contributed by atoms with E-state index < -0.39 is 0 Å². The third-order valence-electron chi connectivity index (χ3n) is 3.76. The fraction of sp³-hybridized carbons (Fsp3) is 0.278. The van der Waals surface area contributed by atoms with Gasteiger partial charge in [0.15, 0.2) is 5.78 Å². The van der Waals surface area contributed by atoms with Crippen LogP contribution in [0.3, 0.4) is 0 Å². The van der Waals surface area contributed by atoms with Gasteiger partial charge in [-0.1, -0.05) is 12.1 Å². The molecule has 0 bridgehead atoms. The number of halogens is 1. The van der Waals surface area contributed by atoms with Gasteiger partial charge in [0.25, 0.3) is 0 Å². The highest BCUT2D eigenvalue weighted by molar-refractivity contribution is 9.10. The maximum atomic E-state index is 12.7. The molecule has 3 heteroatoms. The number of rotatable bonds is 2. The van der Waals surface area contributed by atoms with E-state index in [2.05, 4.69) is 29.8 Å². The molecule has 1 aliphatic rings. The number of aryl methyl sites for hydroxylation is 1. The summed E-state index contributed by atoms with van der Waals surface area (Å²) in [7, 11) is 0. The van der Waals surface area contributed by atoms with Crippen LogP contribution in [0.5, 0.6) is 5.75 Å². The molecule has 0 amide bonds. The predicted molar refractivity (Wildman–Crippen MR) is 87.2 cm³/mol. The van der Waals surface area contributed by atoms with Gasteiger partial charge in [-0.15, -0.1) is 0 Å². The molecule has 0 fully saturated rings. The van der Waals surface area contributed by atoms with Gasteiger partial charge in [0.05, 0.1) is 0 Å². The molecule has 1 heterocycles. The topological polar surface area (TPSA) is 26.3 Å². The number of carbonyl (C=O) groups is 1. The Labute approximate surface area is 133 Å². The molecule has 108 valence electrons. The van der Waals surface area contributed by atoms with E-state index in [0.717, 1.165) is 27.8 Å². The predicted octanol–water partition coefficient (Wildman–Crippen LogP) is 4.70.